The molecule has 7 nitrogen and oxygen atoms in total. The molecule has 0 bridgehead atoms. The van der Waals surface area contributed by atoms with Crippen molar-refractivity contribution < 1.29 is 33.2 Å². The van der Waals surface area contributed by atoms with E-state index >= 15 is 0 Å². The molecule has 0 fully saturated rings. The Kier molecular flexibility index (Phi) is 20.2. The van der Waals surface area contributed by atoms with E-state index in [-0.39, 0.29) is 5.97 Å². The number of unbranched alkanes of at least 4 members (excludes halogenated alkanes) is 12. The van der Waals surface area contributed by atoms with E-state index in [1.165, 1.54) is 22.3 Å². The van der Waals surface area contributed by atoms with Crippen LogP contribution in [0.2, 0.25) is 0 Å². The zero-order chi connectivity index (χ0) is 48.2. The summed E-state index contributed by atoms with van der Waals surface area (Å²) in [7, 11) is 0. The number of hydrogen-bond donors (Lipinski definition) is 0. The number of fused-ring (bicyclic) bond motifs is 9. The van der Waals surface area contributed by atoms with Crippen molar-refractivity contribution in [2.45, 2.75) is 169 Å². The zero-order valence-corrected chi connectivity index (χ0v) is 42.7. The van der Waals surface area contributed by atoms with Crippen molar-refractivity contribution >= 4 is 38.3 Å². The average molecular weight is 937 g/mol. The van der Waals surface area contributed by atoms with Gasteiger partial charge in [0.25, 0.3) is 0 Å². The van der Waals surface area contributed by atoms with E-state index < -0.39 is 0 Å². The molecule has 0 spiro atoms. The highest BCUT2D eigenvalue weighted by molar-refractivity contribution is 6.27. The van der Waals surface area contributed by atoms with Gasteiger partial charge in [0.15, 0.2) is 34.5 Å². The second kappa shape index (κ2) is 27.1. The van der Waals surface area contributed by atoms with Crippen molar-refractivity contribution in [3.8, 4) is 45.6 Å². The number of esters is 1. The summed E-state index contributed by atoms with van der Waals surface area (Å²) >= 11 is 0. The minimum absolute atomic E-state index is 0.246. The fourth-order valence-corrected chi connectivity index (χ4v) is 9.87. The van der Waals surface area contributed by atoms with Crippen LogP contribution in [0.5, 0.6) is 34.5 Å². The number of carbonyl (C=O) groups is 1. The van der Waals surface area contributed by atoms with Gasteiger partial charge in [0.2, 0.25) is 0 Å². The van der Waals surface area contributed by atoms with Crippen LogP contribution in [-0.4, -0.2) is 39.0 Å². The summed E-state index contributed by atoms with van der Waals surface area (Å²) in [5.74, 6) is 4.12. The first kappa shape index (κ1) is 51.4. The van der Waals surface area contributed by atoms with Crippen molar-refractivity contribution in [1.29, 1.82) is 0 Å². The molecule has 0 saturated carbocycles. The summed E-state index contributed by atoms with van der Waals surface area (Å²) in [6, 6.07) is 30.4. The molecule has 0 N–H and O–H groups in total. The fraction of sp³-hybridized carbons (Fsp3) is 0.500. The van der Waals surface area contributed by atoms with Crippen molar-refractivity contribution in [1.82, 2.24) is 0 Å². The molecule has 69 heavy (non-hydrogen) atoms. The Morgan fingerprint density at radius 2 is 0.696 bits per heavy atom. The van der Waals surface area contributed by atoms with Gasteiger partial charge in [-0.1, -0.05) is 160 Å². The van der Waals surface area contributed by atoms with Gasteiger partial charge in [-0.2, -0.15) is 0 Å². The van der Waals surface area contributed by atoms with Gasteiger partial charge in [-0.15, -0.1) is 0 Å². The smallest absolute Gasteiger partial charge is 0.311 e. The zero-order valence-electron chi connectivity index (χ0n) is 42.7. The van der Waals surface area contributed by atoms with Crippen LogP contribution in [-0.2, 0) is 4.79 Å². The van der Waals surface area contributed by atoms with Crippen LogP contribution in [0.3, 0.4) is 0 Å². The Hall–Kier alpha value is -5.43. The van der Waals surface area contributed by atoms with Crippen molar-refractivity contribution in [2.75, 3.05) is 33.0 Å². The molecule has 0 aromatic heterocycles. The van der Waals surface area contributed by atoms with Gasteiger partial charge in [-0.3, -0.25) is 4.79 Å². The molecule has 370 valence electrons. The van der Waals surface area contributed by atoms with Crippen LogP contribution in [0.4, 0.5) is 0 Å². The lowest BCUT2D eigenvalue weighted by Crippen LogP contribution is -2.09. The first-order valence-corrected chi connectivity index (χ1v) is 27.1. The van der Waals surface area contributed by atoms with E-state index in [9.17, 15) is 4.79 Å². The van der Waals surface area contributed by atoms with E-state index in [4.69, 9.17) is 28.4 Å². The van der Waals surface area contributed by atoms with Crippen molar-refractivity contribution in [3.05, 3.63) is 96.1 Å². The summed E-state index contributed by atoms with van der Waals surface area (Å²) < 4.78 is 39.3. The predicted molar refractivity (Wildman–Crippen MR) is 287 cm³/mol. The highest BCUT2D eigenvalue weighted by Gasteiger charge is 2.27. The molecule has 6 aromatic carbocycles. The van der Waals surface area contributed by atoms with E-state index in [1.54, 1.807) is 0 Å². The largest absolute Gasteiger partial charge is 0.490 e. The first-order valence-electron chi connectivity index (χ1n) is 27.1. The quantitative estimate of drug-likeness (QED) is 0.0181. The van der Waals surface area contributed by atoms with Crippen molar-refractivity contribution in [2.24, 2.45) is 0 Å². The number of ether oxygens (including phenoxy) is 6. The van der Waals surface area contributed by atoms with Crippen LogP contribution in [0, 0.1) is 0 Å². The fourth-order valence-electron chi connectivity index (χ4n) is 9.87. The standard InChI is InChI=1S/C62H80O7/c1-6-11-23-34-64-56-39-50-51-40-57(65-35-24-12-7-2)59(67-37-26-14-9-4)42-53(51)55-44-61(60(68-38-27-15-10-5)43-54(55)52(50)41-58(56)66-36-25-13-8-3)69-62(63)33-18-16-17-28-45-46-29-19-21-31-48(46)49-32-22-20-30-47(45)49/h19-22,29-32,39-45H,6-18,23-28,33-38H2,1-5H3. The number of hydrogen-bond acceptors (Lipinski definition) is 7. The molecular formula is C62H80O7. The van der Waals surface area contributed by atoms with Crippen LogP contribution in [0.1, 0.15) is 180 Å². The van der Waals surface area contributed by atoms with Crippen LogP contribution in [0.25, 0.3) is 43.4 Å². The van der Waals surface area contributed by atoms with E-state index in [0.29, 0.717) is 56.9 Å². The molecule has 0 amide bonds. The molecule has 0 unspecified atom stereocenters. The maximum absolute atomic E-state index is 13.9. The number of carbonyl (C=O) groups excluding carboxylic acids is 1. The number of rotatable bonds is 32. The summed E-state index contributed by atoms with van der Waals surface area (Å²) in [6.07, 6.45) is 19.9. The van der Waals surface area contributed by atoms with Gasteiger partial charge < -0.3 is 28.4 Å². The molecule has 0 aliphatic heterocycles. The minimum atomic E-state index is -0.246. The SMILES string of the molecule is CCCCCOc1cc2c3cc(OCCCCC)c(OCCCCC)cc3c3cc(OC(=O)CCCCCC4c5ccccc5-c5ccccc54)c(OCCCCC)cc3c2cc1OCCCCC. The normalized spacial score (nSPS) is 12.1. The van der Waals surface area contributed by atoms with Gasteiger partial charge in [-0.25, -0.2) is 0 Å². The lowest BCUT2D eigenvalue weighted by atomic mass is 9.91. The van der Waals surface area contributed by atoms with E-state index in [2.05, 4.69) is 113 Å². The molecule has 0 saturated heterocycles. The first-order chi connectivity index (χ1) is 34.0. The topological polar surface area (TPSA) is 72.5 Å². The lowest BCUT2D eigenvalue weighted by molar-refractivity contribution is -0.134. The molecular weight excluding hydrogens is 857 g/mol. The third kappa shape index (κ3) is 13.5. The maximum Gasteiger partial charge on any atom is 0.311 e. The van der Waals surface area contributed by atoms with E-state index in [1.807, 2.05) is 6.07 Å². The third-order valence-corrected chi connectivity index (χ3v) is 13.7. The molecule has 7 heteroatoms. The maximum atomic E-state index is 13.9. The molecule has 1 aliphatic rings. The monoisotopic (exact) mass is 937 g/mol. The molecule has 0 heterocycles. The minimum Gasteiger partial charge on any atom is -0.490 e. The van der Waals surface area contributed by atoms with Crippen molar-refractivity contribution in [3.63, 3.8) is 0 Å². The molecule has 7 rings (SSSR count). The van der Waals surface area contributed by atoms with E-state index in [0.717, 1.165) is 177 Å². The van der Waals surface area contributed by atoms with Crippen LogP contribution in [0.15, 0.2) is 84.9 Å². The lowest BCUT2D eigenvalue weighted by Gasteiger charge is -2.20. The second-order valence-corrected chi connectivity index (χ2v) is 19.1. The summed E-state index contributed by atoms with van der Waals surface area (Å²) in [4.78, 5) is 13.9. The molecule has 0 atom stereocenters. The summed E-state index contributed by atoms with van der Waals surface area (Å²) in [6.45, 7) is 14.0. The predicted octanol–water partition coefficient (Wildman–Crippen LogP) is 17.7. The van der Waals surface area contributed by atoms with Gasteiger partial charge >= 0.3 is 5.97 Å². The highest BCUT2D eigenvalue weighted by atomic mass is 16.6. The Morgan fingerprint density at radius 1 is 0.377 bits per heavy atom. The molecule has 1 aliphatic carbocycles. The average Bonchev–Trinajstić information content (AvgIpc) is 3.69. The van der Waals surface area contributed by atoms with Gasteiger partial charge in [0.05, 0.1) is 33.0 Å². The Balaban J connectivity index is 1.25. The summed E-state index contributed by atoms with van der Waals surface area (Å²) in [5.41, 5.74) is 5.54. The second-order valence-electron chi connectivity index (χ2n) is 19.1. The van der Waals surface area contributed by atoms with Crippen LogP contribution < -0.4 is 28.4 Å². The number of benzene rings is 6. The molecule has 0 radical (unpaired) electrons. The van der Waals surface area contributed by atoms with Gasteiger partial charge in [0.1, 0.15) is 0 Å². The van der Waals surface area contributed by atoms with Crippen LogP contribution >= 0.6 is 0 Å². The third-order valence-electron chi connectivity index (χ3n) is 13.7. The summed E-state index contributed by atoms with van der Waals surface area (Å²) in [5, 5.41) is 5.99. The van der Waals surface area contributed by atoms with Gasteiger partial charge in [-0.05, 0) is 136 Å². The van der Waals surface area contributed by atoms with Gasteiger partial charge in [0, 0.05) is 12.3 Å². The molecule has 6 aromatic rings. The Labute approximate surface area is 413 Å². The highest BCUT2D eigenvalue weighted by Crippen LogP contribution is 2.49. The Bertz CT molecular complexity index is 2470. The Morgan fingerprint density at radius 3 is 1.04 bits per heavy atom.